The summed E-state index contributed by atoms with van der Waals surface area (Å²) < 4.78 is 49.6. The molecule has 33 heavy (non-hydrogen) atoms. The Morgan fingerprint density at radius 3 is 2.36 bits per heavy atom. The maximum Gasteiger partial charge on any atom is 0.417 e. The molecule has 1 aliphatic heterocycles. The van der Waals surface area contributed by atoms with Gasteiger partial charge in [-0.05, 0) is 30.3 Å². The Balaban J connectivity index is 1.57. The predicted molar refractivity (Wildman–Crippen MR) is 117 cm³/mol. The van der Waals surface area contributed by atoms with Gasteiger partial charge in [-0.3, -0.25) is 14.5 Å². The van der Waals surface area contributed by atoms with Crippen LogP contribution in [-0.2, 0) is 11.0 Å². The molecule has 0 bridgehead atoms. The summed E-state index contributed by atoms with van der Waals surface area (Å²) in [7, 11) is 2.95. The summed E-state index contributed by atoms with van der Waals surface area (Å²) in [5.74, 6) is 0.137. The molecule has 2 aromatic carbocycles. The zero-order valence-electron chi connectivity index (χ0n) is 18.0. The maximum absolute atomic E-state index is 13.0. The quantitative estimate of drug-likeness (QED) is 0.674. The Bertz CT molecular complexity index is 1020. The highest BCUT2D eigenvalue weighted by Crippen LogP contribution is 2.36. The molecule has 0 aromatic heterocycles. The molecule has 0 unspecified atom stereocenters. The van der Waals surface area contributed by atoms with Crippen LogP contribution in [0.3, 0.4) is 0 Å². The monoisotopic (exact) mass is 485 g/mol. The average molecular weight is 486 g/mol. The predicted octanol–water partition coefficient (Wildman–Crippen LogP) is 3.77. The van der Waals surface area contributed by atoms with Gasteiger partial charge in [-0.25, -0.2) is 0 Å². The number of rotatable bonds is 6. The Hall–Kier alpha value is -2.98. The van der Waals surface area contributed by atoms with E-state index < -0.39 is 22.7 Å². The number of benzene rings is 2. The lowest BCUT2D eigenvalue weighted by molar-refractivity contribution is -0.137. The molecule has 178 valence electrons. The van der Waals surface area contributed by atoms with Crippen LogP contribution < -0.4 is 14.8 Å². The van der Waals surface area contributed by atoms with Crippen molar-refractivity contribution in [2.75, 3.05) is 52.3 Å². The number of hydrogen-bond donors (Lipinski definition) is 1. The van der Waals surface area contributed by atoms with Crippen molar-refractivity contribution in [1.29, 1.82) is 0 Å². The summed E-state index contributed by atoms with van der Waals surface area (Å²) in [6.45, 7) is 1.60. The van der Waals surface area contributed by atoms with Gasteiger partial charge in [-0.1, -0.05) is 17.7 Å². The standard InChI is InChI=1S/C22H23ClF3N3O4/c1-32-18-5-3-4-15(20(18)33-2)21(31)29-10-8-28(9-11-29)13-19(30)27-14-6-7-17(23)16(12-14)22(24,25)26/h3-7,12H,8-11,13H2,1-2H3,(H,27,30). The molecule has 1 saturated heterocycles. The fourth-order valence-electron chi connectivity index (χ4n) is 3.56. The summed E-state index contributed by atoms with van der Waals surface area (Å²) in [5, 5.41) is 2.03. The van der Waals surface area contributed by atoms with Crippen LogP contribution in [0.25, 0.3) is 0 Å². The van der Waals surface area contributed by atoms with E-state index >= 15 is 0 Å². The van der Waals surface area contributed by atoms with E-state index in [-0.39, 0.29) is 18.1 Å². The van der Waals surface area contributed by atoms with Gasteiger partial charge in [0.05, 0.1) is 36.9 Å². The minimum Gasteiger partial charge on any atom is -0.493 e. The lowest BCUT2D eigenvalue weighted by atomic mass is 10.1. The molecule has 0 atom stereocenters. The van der Waals surface area contributed by atoms with Crippen LogP contribution in [0.15, 0.2) is 36.4 Å². The number of halogens is 4. The molecule has 2 amide bonds. The first-order valence-electron chi connectivity index (χ1n) is 10.0. The SMILES string of the molecule is COc1cccc(C(=O)N2CCN(CC(=O)Nc3ccc(Cl)c(C(F)(F)F)c3)CC2)c1OC. The highest BCUT2D eigenvalue weighted by Gasteiger charge is 2.33. The van der Waals surface area contributed by atoms with Crippen LogP contribution in [0.5, 0.6) is 11.5 Å². The number of alkyl halides is 3. The second-order valence-corrected chi connectivity index (χ2v) is 7.76. The zero-order chi connectivity index (χ0) is 24.2. The maximum atomic E-state index is 13.0. The van der Waals surface area contributed by atoms with E-state index in [0.717, 1.165) is 12.1 Å². The van der Waals surface area contributed by atoms with Crippen LogP contribution in [0.1, 0.15) is 15.9 Å². The molecule has 1 fully saturated rings. The molecule has 0 radical (unpaired) electrons. The third-order valence-corrected chi connectivity index (χ3v) is 5.55. The van der Waals surface area contributed by atoms with Gasteiger partial charge >= 0.3 is 6.18 Å². The van der Waals surface area contributed by atoms with E-state index in [4.69, 9.17) is 21.1 Å². The van der Waals surface area contributed by atoms with Crippen LogP contribution in [0, 0.1) is 0 Å². The summed E-state index contributed by atoms with van der Waals surface area (Å²) in [5.41, 5.74) is -0.621. The molecule has 1 aliphatic rings. The summed E-state index contributed by atoms with van der Waals surface area (Å²) in [4.78, 5) is 28.8. The third-order valence-electron chi connectivity index (χ3n) is 5.22. The van der Waals surface area contributed by atoms with E-state index in [0.29, 0.717) is 43.2 Å². The van der Waals surface area contributed by atoms with E-state index in [2.05, 4.69) is 5.32 Å². The number of carbonyl (C=O) groups excluding carboxylic acids is 2. The van der Waals surface area contributed by atoms with Crippen LogP contribution in [-0.4, -0.2) is 68.6 Å². The first-order chi connectivity index (χ1) is 15.6. The summed E-state index contributed by atoms with van der Waals surface area (Å²) in [6.07, 6.45) is -4.62. The van der Waals surface area contributed by atoms with Gasteiger partial charge in [0.1, 0.15) is 0 Å². The number of piperazine rings is 1. The number of nitrogens with one attached hydrogen (secondary N) is 1. The van der Waals surface area contributed by atoms with E-state index in [1.54, 1.807) is 23.1 Å². The second-order valence-electron chi connectivity index (χ2n) is 7.35. The van der Waals surface area contributed by atoms with Gasteiger partial charge in [-0.2, -0.15) is 13.2 Å². The number of methoxy groups -OCH3 is 2. The van der Waals surface area contributed by atoms with Gasteiger partial charge < -0.3 is 19.7 Å². The fraction of sp³-hybridized carbons (Fsp3) is 0.364. The Kier molecular flexibility index (Phi) is 7.70. The Labute approximate surface area is 194 Å². The van der Waals surface area contributed by atoms with Crippen LogP contribution >= 0.6 is 11.6 Å². The van der Waals surface area contributed by atoms with Crippen molar-refractivity contribution in [3.05, 3.63) is 52.5 Å². The van der Waals surface area contributed by atoms with Crippen molar-refractivity contribution in [2.45, 2.75) is 6.18 Å². The van der Waals surface area contributed by atoms with Crippen molar-refractivity contribution in [3.63, 3.8) is 0 Å². The van der Waals surface area contributed by atoms with Crippen LogP contribution in [0.2, 0.25) is 5.02 Å². The lowest BCUT2D eigenvalue weighted by Gasteiger charge is -2.34. The molecule has 0 spiro atoms. The lowest BCUT2D eigenvalue weighted by Crippen LogP contribution is -2.50. The third kappa shape index (κ3) is 5.88. The van der Waals surface area contributed by atoms with Crippen LogP contribution in [0.4, 0.5) is 18.9 Å². The topological polar surface area (TPSA) is 71.1 Å². The largest absolute Gasteiger partial charge is 0.493 e. The second kappa shape index (κ2) is 10.3. The molecular weight excluding hydrogens is 463 g/mol. The average Bonchev–Trinajstić information content (AvgIpc) is 2.79. The number of nitrogens with zero attached hydrogens (tertiary/aromatic N) is 2. The number of hydrogen-bond acceptors (Lipinski definition) is 5. The van der Waals surface area contributed by atoms with Crippen molar-refractivity contribution < 1.29 is 32.2 Å². The van der Waals surface area contributed by atoms with Crippen molar-refractivity contribution >= 4 is 29.1 Å². The highest BCUT2D eigenvalue weighted by atomic mass is 35.5. The molecular formula is C22H23ClF3N3O4. The minimum absolute atomic E-state index is 0.00987. The first-order valence-corrected chi connectivity index (χ1v) is 10.4. The molecule has 0 saturated carbocycles. The molecule has 1 heterocycles. The molecule has 11 heteroatoms. The van der Waals surface area contributed by atoms with E-state index in [9.17, 15) is 22.8 Å². The Morgan fingerprint density at radius 2 is 1.76 bits per heavy atom. The van der Waals surface area contributed by atoms with E-state index in [1.807, 2.05) is 4.90 Å². The summed E-state index contributed by atoms with van der Waals surface area (Å²) >= 11 is 5.60. The molecule has 2 aromatic rings. The van der Waals surface area contributed by atoms with E-state index in [1.165, 1.54) is 20.3 Å². The zero-order valence-corrected chi connectivity index (χ0v) is 18.8. The van der Waals surface area contributed by atoms with Gasteiger partial charge in [0.15, 0.2) is 11.5 Å². The number of carbonyl (C=O) groups is 2. The van der Waals surface area contributed by atoms with Gasteiger partial charge in [0.2, 0.25) is 5.91 Å². The fourth-order valence-corrected chi connectivity index (χ4v) is 3.78. The smallest absolute Gasteiger partial charge is 0.417 e. The first kappa shape index (κ1) is 24.7. The Morgan fingerprint density at radius 1 is 1.06 bits per heavy atom. The number of para-hydroxylation sites is 1. The summed E-state index contributed by atoms with van der Waals surface area (Å²) in [6, 6.07) is 8.27. The molecule has 3 rings (SSSR count). The van der Waals surface area contributed by atoms with Crippen molar-refractivity contribution in [1.82, 2.24) is 9.80 Å². The minimum atomic E-state index is -4.62. The number of ether oxygens (including phenoxy) is 2. The molecule has 7 nitrogen and oxygen atoms in total. The highest BCUT2D eigenvalue weighted by molar-refractivity contribution is 6.31. The number of amides is 2. The molecule has 1 N–H and O–H groups in total. The van der Waals surface area contributed by atoms with Gasteiger partial charge in [0, 0.05) is 31.9 Å². The number of anilines is 1. The molecule has 0 aliphatic carbocycles. The normalized spacial score (nSPS) is 14.7. The van der Waals surface area contributed by atoms with Crippen molar-refractivity contribution in [3.8, 4) is 11.5 Å². The van der Waals surface area contributed by atoms with Gasteiger partial charge in [-0.15, -0.1) is 0 Å². The van der Waals surface area contributed by atoms with Gasteiger partial charge in [0.25, 0.3) is 5.91 Å². The van der Waals surface area contributed by atoms with Crippen molar-refractivity contribution in [2.24, 2.45) is 0 Å².